The lowest BCUT2D eigenvalue weighted by atomic mass is 9.93. The van der Waals surface area contributed by atoms with Gasteiger partial charge in [-0.05, 0) is 43.9 Å². The molecule has 2 aromatic heterocycles. The molecule has 3 aromatic rings. The molecule has 10 heteroatoms. The van der Waals surface area contributed by atoms with E-state index in [9.17, 15) is 14.7 Å². The minimum Gasteiger partial charge on any atom is -0.507 e. The molecule has 0 unspecified atom stereocenters. The molecule has 1 saturated heterocycles. The number of benzene rings is 1. The van der Waals surface area contributed by atoms with Crippen molar-refractivity contribution >= 4 is 28.9 Å². The van der Waals surface area contributed by atoms with E-state index in [1.165, 1.54) is 11.3 Å². The number of anilines is 1. The first kappa shape index (κ1) is 23.7. The molecule has 1 amide bonds. The summed E-state index contributed by atoms with van der Waals surface area (Å²) in [5, 5.41) is 20.7. The zero-order valence-electron chi connectivity index (χ0n) is 19.4. The molecule has 1 aliphatic heterocycles. The fraction of sp³-hybridized carbons (Fsp3) is 0.417. The summed E-state index contributed by atoms with van der Waals surface area (Å²) < 4.78 is 6.73. The van der Waals surface area contributed by atoms with Crippen LogP contribution in [0.3, 0.4) is 0 Å². The minimum absolute atomic E-state index is 0.0348. The molecule has 4 rings (SSSR count). The van der Waals surface area contributed by atoms with Gasteiger partial charge in [-0.25, -0.2) is 9.78 Å². The van der Waals surface area contributed by atoms with Crippen molar-refractivity contribution in [1.29, 1.82) is 0 Å². The summed E-state index contributed by atoms with van der Waals surface area (Å²) in [7, 11) is 1.86. The Morgan fingerprint density at radius 1 is 1.26 bits per heavy atom. The zero-order valence-corrected chi connectivity index (χ0v) is 20.2. The Hall–Kier alpha value is -3.40. The van der Waals surface area contributed by atoms with Crippen LogP contribution in [-0.4, -0.2) is 56.3 Å². The predicted octanol–water partition coefficient (Wildman–Crippen LogP) is 3.47. The number of aromatic nitrogens is 3. The minimum atomic E-state index is -0.386. The van der Waals surface area contributed by atoms with E-state index < -0.39 is 0 Å². The van der Waals surface area contributed by atoms with Crippen LogP contribution in [0.15, 0.2) is 35.8 Å². The highest BCUT2D eigenvalue weighted by molar-refractivity contribution is 7.09. The zero-order chi connectivity index (χ0) is 24.1. The van der Waals surface area contributed by atoms with Crippen molar-refractivity contribution in [2.24, 2.45) is 13.0 Å². The number of esters is 1. The molecule has 34 heavy (non-hydrogen) atoms. The van der Waals surface area contributed by atoms with Gasteiger partial charge >= 0.3 is 5.97 Å². The molecular weight excluding hydrogens is 454 g/mol. The van der Waals surface area contributed by atoms with E-state index in [1.54, 1.807) is 40.1 Å². The lowest BCUT2D eigenvalue weighted by Crippen LogP contribution is -2.38. The van der Waals surface area contributed by atoms with Crippen molar-refractivity contribution in [1.82, 2.24) is 19.7 Å². The van der Waals surface area contributed by atoms with Gasteiger partial charge in [-0.3, -0.25) is 9.48 Å². The van der Waals surface area contributed by atoms with E-state index in [-0.39, 0.29) is 17.6 Å². The average molecular weight is 484 g/mol. The number of aryl methyl sites for hydroxylation is 1. The maximum absolute atomic E-state index is 13.0. The maximum atomic E-state index is 13.0. The monoisotopic (exact) mass is 483 g/mol. The summed E-state index contributed by atoms with van der Waals surface area (Å²) in [6, 6.07) is 6.96. The fourth-order valence-corrected chi connectivity index (χ4v) is 4.91. The number of likely N-dealkylation sites (tertiary alicyclic amines) is 1. The number of nitrogens with one attached hydrogen (secondary N) is 1. The number of carbonyl (C=O) groups excluding carboxylic acids is 2. The van der Waals surface area contributed by atoms with E-state index in [4.69, 9.17) is 4.74 Å². The second-order valence-corrected chi connectivity index (χ2v) is 9.30. The van der Waals surface area contributed by atoms with Gasteiger partial charge in [0.25, 0.3) is 5.91 Å². The van der Waals surface area contributed by atoms with Crippen molar-refractivity contribution in [2.75, 3.05) is 25.0 Å². The van der Waals surface area contributed by atoms with Crippen molar-refractivity contribution in [3.05, 3.63) is 57.8 Å². The van der Waals surface area contributed by atoms with E-state index >= 15 is 0 Å². The molecule has 0 atom stereocenters. The number of phenols is 1. The highest BCUT2D eigenvalue weighted by atomic mass is 32.1. The Labute approximate surface area is 202 Å². The van der Waals surface area contributed by atoms with E-state index in [0.717, 1.165) is 35.7 Å². The number of phenolic OH excluding ortho intramolecular Hbond substituents is 1. The highest BCUT2D eigenvalue weighted by Crippen LogP contribution is 2.28. The second kappa shape index (κ2) is 10.7. The number of thiazole rings is 1. The van der Waals surface area contributed by atoms with Crippen molar-refractivity contribution in [3.8, 4) is 5.75 Å². The van der Waals surface area contributed by atoms with Crippen molar-refractivity contribution in [3.63, 3.8) is 0 Å². The van der Waals surface area contributed by atoms with Crippen molar-refractivity contribution in [2.45, 2.75) is 32.7 Å². The van der Waals surface area contributed by atoms with Crippen LogP contribution in [0.5, 0.6) is 5.75 Å². The number of rotatable bonds is 8. The smallest absolute Gasteiger partial charge is 0.357 e. The van der Waals surface area contributed by atoms with Crippen LogP contribution in [0.4, 0.5) is 5.69 Å². The molecule has 0 bridgehead atoms. The van der Waals surface area contributed by atoms with Gasteiger partial charge in [-0.2, -0.15) is 5.10 Å². The SMILES string of the molecule is CCOC(=O)c1csc(CC2CCN(C(=O)c3ccc(NCc4ccn(C)n4)cc3O)CC2)n1. The first-order chi connectivity index (χ1) is 16.4. The Balaban J connectivity index is 1.28. The normalized spacial score (nSPS) is 14.2. The average Bonchev–Trinajstić information content (AvgIpc) is 3.47. The van der Waals surface area contributed by atoms with Gasteiger partial charge in [-0.15, -0.1) is 11.3 Å². The quantitative estimate of drug-likeness (QED) is 0.472. The van der Waals surface area contributed by atoms with Crippen LogP contribution in [0.2, 0.25) is 0 Å². The molecule has 0 spiro atoms. The Kier molecular flexibility index (Phi) is 7.46. The lowest BCUT2D eigenvalue weighted by Gasteiger charge is -2.32. The van der Waals surface area contributed by atoms with Gasteiger partial charge in [0.2, 0.25) is 0 Å². The number of hydrogen-bond acceptors (Lipinski definition) is 8. The summed E-state index contributed by atoms with van der Waals surface area (Å²) in [5.74, 6) is -0.182. The standard InChI is InChI=1S/C24H29N5O4S/c1-3-33-24(32)20-15-34-22(26-20)12-16-6-10-29(11-7-16)23(31)19-5-4-17(13-21(19)30)25-14-18-8-9-28(2)27-18/h4-5,8-9,13,15-16,25,30H,3,6-7,10-12,14H2,1-2H3. The van der Waals surface area contributed by atoms with Crippen LogP contribution in [0.25, 0.3) is 0 Å². The molecule has 1 fully saturated rings. The Bertz CT molecular complexity index is 1150. The van der Waals surface area contributed by atoms with Crippen molar-refractivity contribution < 1.29 is 19.4 Å². The number of ether oxygens (including phenoxy) is 1. The topological polar surface area (TPSA) is 110 Å². The molecule has 0 saturated carbocycles. The van der Waals surface area contributed by atoms with Gasteiger partial charge in [0.05, 0.1) is 29.4 Å². The molecule has 1 aliphatic rings. The van der Waals surface area contributed by atoms with E-state index in [0.29, 0.717) is 43.4 Å². The Morgan fingerprint density at radius 2 is 2.06 bits per heavy atom. The molecule has 0 aliphatic carbocycles. The first-order valence-electron chi connectivity index (χ1n) is 11.4. The summed E-state index contributed by atoms with van der Waals surface area (Å²) in [6.07, 6.45) is 4.36. The third kappa shape index (κ3) is 5.74. The van der Waals surface area contributed by atoms with Crippen LogP contribution in [0.1, 0.15) is 51.3 Å². The predicted molar refractivity (Wildman–Crippen MR) is 129 cm³/mol. The number of hydrogen-bond donors (Lipinski definition) is 2. The van der Waals surface area contributed by atoms with E-state index in [1.807, 2.05) is 19.3 Å². The highest BCUT2D eigenvalue weighted by Gasteiger charge is 2.26. The van der Waals surface area contributed by atoms with Gasteiger partial charge in [-0.1, -0.05) is 0 Å². The number of nitrogens with zero attached hydrogens (tertiary/aromatic N) is 4. The Morgan fingerprint density at radius 3 is 2.74 bits per heavy atom. The molecule has 180 valence electrons. The van der Waals surface area contributed by atoms with Crippen LogP contribution in [-0.2, 0) is 24.8 Å². The number of piperidine rings is 1. The summed E-state index contributed by atoms with van der Waals surface area (Å²) in [5.41, 5.74) is 2.28. The first-order valence-corrected chi connectivity index (χ1v) is 12.3. The number of aromatic hydroxyl groups is 1. The third-order valence-corrected chi connectivity index (χ3v) is 6.74. The molecule has 9 nitrogen and oxygen atoms in total. The molecule has 0 radical (unpaired) electrons. The van der Waals surface area contributed by atoms with Gasteiger partial charge in [0.15, 0.2) is 5.69 Å². The molecular formula is C24H29N5O4S. The van der Waals surface area contributed by atoms with Crippen LogP contribution >= 0.6 is 11.3 Å². The van der Waals surface area contributed by atoms with Crippen LogP contribution < -0.4 is 5.32 Å². The van der Waals surface area contributed by atoms with Gasteiger partial charge in [0, 0.05) is 49.9 Å². The third-order valence-electron chi connectivity index (χ3n) is 5.87. The summed E-state index contributed by atoms with van der Waals surface area (Å²) >= 11 is 1.47. The number of carbonyl (C=O) groups is 2. The van der Waals surface area contributed by atoms with Gasteiger partial charge in [0.1, 0.15) is 5.75 Å². The molecule has 2 N–H and O–H groups in total. The fourth-order valence-electron chi connectivity index (χ4n) is 4.03. The molecule has 1 aromatic carbocycles. The van der Waals surface area contributed by atoms with Crippen LogP contribution in [0, 0.1) is 5.92 Å². The molecule has 3 heterocycles. The summed E-state index contributed by atoms with van der Waals surface area (Å²) in [4.78, 5) is 31.0. The lowest BCUT2D eigenvalue weighted by molar-refractivity contribution is 0.0519. The second-order valence-electron chi connectivity index (χ2n) is 8.35. The van der Waals surface area contributed by atoms with E-state index in [2.05, 4.69) is 15.4 Å². The van der Waals surface area contributed by atoms with Gasteiger partial charge < -0.3 is 20.1 Å². The maximum Gasteiger partial charge on any atom is 0.357 e. The largest absolute Gasteiger partial charge is 0.507 e. The number of amides is 1. The summed E-state index contributed by atoms with van der Waals surface area (Å²) in [6.45, 7) is 3.88.